The minimum Gasteiger partial charge on any atom is -0.493 e. The first-order valence-electron chi connectivity index (χ1n) is 12.3. The van der Waals surface area contributed by atoms with Crippen molar-refractivity contribution in [1.82, 2.24) is 19.9 Å². The van der Waals surface area contributed by atoms with E-state index in [1.54, 1.807) is 12.1 Å². The normalized spacial score (nSPS) is 15.6. The van der Waals surface area contributed by atoms with Gasteiger partial charge in [0.15, 0.2) is 5.03 Å². The Bertz CT molecular complexity index is 1370. The molecule has 0 spiro atoms. The Morgan fingerprint density at radius 1 is 1.22 bits per heavy atom. The van der Waals surface area contributed by atoms with Crippen LogP contribution < -0.4 is 14.4 Å². The summed E-state index contributed by atoms with van der Waals surface area (Å²) in [6.07, 6.45) is 4.09. The standard InChI is InChI=1S/C26H32FN5O4S/c1-17(2)16-36-20-14-18(13-19(27)15-20)22-8-7-21(24(29-22)32-12-6-5-10-26(32,3)4)25(33)31-37(34,35)23-9-11-28-30-23/h7-9,11,13-15,17H,5-6,10,12,16H2,1-4H3,(H,28,30)(H,31,33). The Morgan fingerprint density at radius 3 is 2.68 bits per heavy atom. The lowest BCUT2D eigenvalue weighted by molar-refractivity contribution is 0.0981. The monoisotopic (exact) mass is 529 g/mol. The highest BCUT2D eigenvalue weighted by Crippen LogP contribution is 2.35. The third kappa shape index (κ3) is 6.10. The van der Waals surface area contributed by atoms with Gasteiger partial charge in [0.2, 0.25) is 0 Å². The summed E-state index contributed by atoms with van der Waals surface area (Å²) in [6, 6.07) is 8.76. The van der Waals surface area contributed by atoms with Crippen LogP contribution in [-0.2, 0) is 10.0 Å². The number of carbonyl (C=O) groups is 1. The average molecular weight is 530 g/mol. The molecule has 0 saturated carbocycles. The van der Waals surface area contributed by atoms with Crippen LogP contribution in [0.25, 0.3) is 11.3 Å². The highest BCUT2D eigenvalue weighted by Gasteiger charge is 2.34. The van der Waals surface area contributed by atoms with Crippen LogP contribution in [-0.4, -0.2) is 48.2 Å². The average Bonchev–Trinajstić information content (AvgIpc) is 3.38. The van der Waals surface area contributed by atoms with Crippen molar-refractivity contribution in [2.24, 2.45) is 5.92 Å². The summed E-state index contributed by atoms with van der Waals surface area (Å²) in [6.45, 7) is 9.21. The molecule has 0 radical (unpaired) electrons. The van der Waals surface area contributed by atoms with E-state index in [1.807, 2.05) is 18.7 Å². The Hall–Kier alpha value is -3.47. The van der Waals surface area contributed by atoms with Crippen molar-refractivity contribution in [3.8, 4) is 17.0 Å². The molecule has 0 atom stereocenters. The summed E-state index contributed by atoms with van der Waals surface area (Å²) in [5.41, 5.74) is 0.717. The molecule has 1 saturated heterocycles. The fourth-order valence-electron chi connectivity index (χ4n) is 4.33. The van der Waals surface area contributed by atoms with Gasteiger partial charge >= 0.3 is 0 Å². The van der Waals surface area contributed by atoms with Crippen LogP contribution in [0.3, 0.4) is 0 Å². The molecule has 2 N–H and O–H groups in total. The second-order valence-corrected chi connectivity index (χ2v) is 11.9. The van der Waals surface area contributed by atoms with Crippen molar-refractivity contribution in [1.29, 1.82) is 0 Å². The van der Waals surface area contributed by atoms with Crippen molar-refractivity contribution in [2.45, 2.75) is 57.5 Å². The summed E-state index contributed by atoms with van der Waals surface area (Å²) >= 11 is 0. The number of rotatable bonds is 8. The third-order valence-corrected chi connectivity index (χ3v) is 7.53. The number of piperidine rings is 1. The maximum atomic E-state index is 14.5. The minimum absolute atomic E-state index is 0.106. The number of aromatic nitrogens is 3. The zero-order valence-electron chi connectivity index (χ0n) is 21.4. The Kier molecular flexibility index (Phi) is 7.54. The number of sulfonamides is 1. The van der Waals surface area contributed by atoms with Gasteiger partial charge in [-0.2, -0.15) is 13.5 Å². The molecular formula is C26H32FN5O4S. The first kappa shape index (κ1) is 26.6. The predicted molar refractivity (Wildman–Crippen MR) is 138 cm³/mol. The highest BCUT2D eigenvalue weighted by molar-refractivity contribution is 7.90. The number of carbonyl (C=O) groups excluding carboxylic acids is 1. The third-order valence-electron chi connectivity index (χ3n) is 6.27. The van der Waals surface area contributed by atoms with Crippen LogP contribution in [0.15, 0.2) is 47.6 Å². The van der Waals surface area contributed by atoms with Crippen LogP contribution in [0.2, 0.25) is 0 Å². The van der Waals surface area contributed by atoms with Crippen molar-refractivity contribution < 1.29 is 22.3 Å². The molecule has 198 valence electrons. The molecule has 37 heavy (non-hydrogen) atoms. The molecule has 0 bridgehead atoms. The summed E-state index contributed by atoms with van der Waals surface area (Å²) in [4.78, 5) is 20.1. The molecule has 0 unspecified atom stereocenters. The van der Waals surface area contributed by atoms with Gasteiger partial charge in [0.1, 0.15) is 17.4 Å². The molecule has 1 fully saturated rings. The lowest BCUT2D eigenvalue weighted by atomic mass is 9.90. The number of nitrogens with one attached hydrogen (secondary N) is 2. The van der Waals surface area contributed by atoms with Gasteiger partial charge in [-0.05, 0) is 69.4 Å². The Morgan fingerprint density at radius 2 is 2.00 bits per heavy atom. The van der Waals surface area contributed by atoms with Crippen LogP contribution in [0, 0.1) is 11.7 Å². The molecule has 2 aromatic heterocycles. The highest BCUT2D eigenvalue weighted by atomic mass is 32.2. The second-order valence-electron chi connectivity index (χ2n) is 10.2. The summed E-state index contributed by atoms with van der Waals surface area (Å²) in [7, 11) is -4.16. The van der Waals surface area contributed by atoms with Gasteiger partial charge in [0.05, 0.1) is 24.1 Å². The van der Waals surface area contributed by atoms with Crippen LogP contribution in [0.1, 0.15) is 57.3 Å². The number of aromatic amines is 1. The second kappa shape index (κ2) is 10.5. The van der Waals surface area contributed by atoms with E-state index in [-0.39, 0.29) is 22.0 Å². The molecule has 9 nitrogen and oxygen atoms in total. The maximum absolute atomic E-state index is 14.5. The lowest BCUT2D eigenvalue weighted by Gasteiger charge is -2.44. The zero-order chi connectivity index (χ0) is 26.8. The van der Waals surface area contributed by atoms with E-state index in [0.29, 0.717) is 36.0 Å². The lowest BCUT2D eigenvalue weighted by Crippen LogP contribution is -2.49. The predicted octanol–water partition coefficient (Wildman–Crippen LogP) is 4.53. The number of benzene rings is 1. The van der Waals surface area contributed by atoms with E-state index in [0.717, 1.165) is 19.3 Å². The Balaban J connectivity index is 1.76. The fraction of sp³-hybridized carbons (Fsp3) is 0.423. The van der Waals surface area contributed by atoms with Gasteiger partial charge in [-0.3, -0.25) is 9.89 Å². The number of halogens is 1. The summed E-state index contributed by atoms with van der Waals surface area (Å²) in [5, 5.41) is 5.78. The van der Waals surface area contributed by atoms with E-state index >= 15 is 0 Å². The fourth-order valence-corrected chi connectivity index (χ4v) is 5.21. The largest absolute Gasteiger partial charge is 0.493 e. The SMILES string of the molecule is CC(C)COc1cc(F)cc(-c2ccc(C(=O)NS(=O)(=O)c3ccn[nH]3)c(N3CCCCC3(C)C)n2)c1. The molecule has 1 aliphatic heterocycles. The van der Waals surface area contributed by atoms with Crippen molar-refractivity contribution >= 4 is 21.7 Å². The molecule has 0 aliphatic carbocycles. The van der Waals surface area contributed by atoms with Crippen LogP contribution in [0.5, 0.6) is 5.75 Å². The molecule has 1 aromatic carbocycles. The first-order chi connectivity index (χ1) is 17.5. The number of anilines is 1. The van der Waals surface area contributed by atoms with Crippen molar-refractivity contribution in [3.63, 3.8) is 0 Å². The van der Waals surface area contributed by atoms with Gasteiger partial charge in [-0.15, -0.1) is 0 Å². The number of hydrogen-bond acceptors (Lipinski definition) is 7. The number of ether oxygens (including phenoxy) is 1. The number of hydrogen-bond donors (Lipinski definition) is 2. The number of H-pyrrole nitrogens is 1. The van der Waals surface area contributed by atoms with E-state index < -0.39 is 21.7 Å². The van der Waals surface area contributed by atoms with Gasteiger partial charge in [0.25, 0.3) is 15.9 Å². The van der Waals surface area contributed by atoms with E-state index in [1.165, 1.54) is 30.5 Å². The van der Waals surface area contributed by atoms with Gasteiger partial charge in [-0.1, -0.05) is 13.8 Å². The molecule has 4 rings (SSSR count). The molecule has 3 heterocycles. The van der Waals surface area contributed by atoms with Crippen LogP contribution in [0.4, 0.5) is 10.2 Å². The van der Waals surface area contributed by atoms with Gasteiger partial charge in [-0.25, -0.2) is 14.1 Å². The summed E-state index contributed by atoms with van der Waals surface area (Å²) in [5.74, 6) is -0.282. The van der Waals surface area contributed by atoms with Crippen molar-refractivity contribution in [3.05, 3.63) is 54.0 Å². The zero-order valence-corrected chi connectivity index (χ0v) is 22.2. The number of amides is 1. The molecule has 1 aliphatic rings. The molecule has 3 aromatic rings. The quantitative estimate of drug-likeness (QED) is 0.440. The smallest absolute Gasteiger partial charge is 0.281 e. The molecular weight excluding hydrogens is 497 g/mol. The van der Waals surface area contributed by atoms with E-state index in [2.05, 4.69) is 28.8 Å². The summed E-state index contributed by atoms with van der Waals surface area (Å²) < 4.78 is 47.7. The molecule has 11 heteroatoms. The van der Waals surface area contributed by atoms with Crippen LogP contribution >= 0.6 is 0 Å². The molecule has 1 amide bonds. The first-order valence-corrected chi connectivity index (χ1v) is 13.7. The van der Waals surface area contributed by atoms with E-state index in [4.69, 9.17) is 9.72 Å². The number of nitrogens with zero attached hydrogens (tertiary/aromatic N) is 3. The minimum atomic E-state index is -4.16. The van der Waals surface area contributed by atoms with Crippen molar-refractivity contribution in [2.75, 3.05) is 18.1 Å². The number of pyridine rings is 1. The Labute approximate surface area is 216 Å². The van der Waals surface area contributed by atoms with E-state index in [9.17, 15) is 17.6 Å². The topological polar surface area (TPSA) is 117 Å². The maximum Gasteiger partial charge on any atom is 0.281 e. The van der Waals surface area contributed by atoms with Gasteiger partial charge in [0, 0.05) is 23.7 Å². The van der Waals surface area contributed by atoms with Gasteiger partial charge < -0.3 is 9.64 Å².